The molecule has 2 aromatic rings. The molecule has 0 saturated heterocycles. The van der Waals surface area contributed by atoms with Gasteiger partial charge >= 0.3 is 0 Å². The zero-order chi connectivity index (χ0) is 17.3. The number of unbranched alkanes of at least 4 members (excludes halogenated alkanes) is 1. The fraction of sp³-hybridized carbons (Fsp3) is 0.500. The number of rotatable bonds is 7. The van der Waals surface area contributed by atoms with Crippen LogP contribution in [0.5, 0.6) is 0 Å². The molecule has 0 aromatic carbocycles. The van der Waals surface area contributed by atoms with Crippen molar-refractivity contribution in [1.82, 2.24) is 0 Å². The molecule has 2 aromatic heterocycles. The zero-order valence-electron chi connectivity index (χ0n) is 13.9. The standard InChI is InChI=1S/C18H21Br2NOS2/c1-3-5-6-11(4-2)9-12-7-8-14(23-12)21-10-13-15(18(21)22)17(20)24-16(13)19/h7-8,11H,3-6,9-10H2,1-2H3. The van der Waals surface area contributed by atoms with Crippen LogP contribution >= 0.6 is 54.5 Å². The van der Waals surface area contributed by atoms with Crippen LogP contribution in [0.3, 0.4) is 0 Å². The molecule has 6 heteroatoms. The smallest absolute Gasteiger partial charge is 0.261 e. The summed E-state index contributed by atoms with van der Waals surface area (Å²) in [5.41, 5.74) is 1.94. The number of halogens is 2. The second kappa shape index (κ2) is 8.02. The van der Waals surface area contributed by atoms with E-state index in [1.807, 2.05) is 4.90 Å². The molecule has 24 heavy (non-hydrogen) atoms. The number of hydrogen-bond acceptors (Lipinski definition) is 3. The second-order valence-electron chi connectivity index (χ2n) is 6.25. The lowest BCUT2D eigenvalue weighted by atomic mass is 9.95. The molecule has 0 saturated carbocycles. The molecule has 3 rings (SSSR count). The number of amides is 1. The van der Waals surface area contributed by atoms with Gasteiger partial charge in [-0.1, -0.05) is 39.5 Å². The van der Waals surface area contributed by atoms with E-state index in [0.717, 1.165) is 36.0 Å². The highest BCUT2D eigenvalue weighted by molar-refractivity contribution is 9.12. The van der Waals surface area contributed by atoms with Gasteiger partial charge in [-0.05, 0) is 56.3 Å². The maximum Gasteiger partial charge on any atom is 0.261 e. The van der Waals surface area contributed by atoms with E-state index >= 15 is 0 Å². The summed E-state index contributed by atoms with van der Waals surface area (Å²) in [6.45, 7) is 5.21. The minimum atomic E-state index is 0.116. The van der Waals surface area contributed by atoms with E-state index in [2.05, 4.69) is 57.8 Å². The summed E-state index contributed by atoms with van der Waals surface area (Å²) in [4.78, 5) is 16.1. The molecule has 0 N–H and O–H groups in total. The van der Waals surface area contributed by atoms with E-state index < -0.39 is 0 Å². The molecule has 2 nitrogen and oxygen atoms in total. The van der Waals surface area contributed by atoms with Gasteiger partial charge in [0.1, 0.15) is 0 Å². The molecule has 1 aliphatic rings. The lowest BCUT2D eigenvalue weighted by molar-refractivity contribution is 0.0997. The Kier molecular flexibility index (Phi) is 6.22. The van der Waals surface area contributed by atoms with E-state index in [0.29, 0.717) is 6.54 Å². The lowest BCUT2D eigenvalue weighted by Gasteiger charge is -2.14. The van der Waals surface area contributed by atoms with Crippen LogP contribution < -0.4 is 4.90 Å². The molecule has 130 valence electrons. The summed E-state index contributed by atoms with van der Waals surface area (Å²) in [5.74, 6) is 0.875. The van der Waals surface area contributed by atoms with Crippen LogP contribution in [0.15, 0.2) is 19.7 Å². The molecular formula is C18H21Br2NOS2. The Bertz CT molecular complexity index is 737. The quantitative estimate of drug-likeness (QED) is 0.400. The van der Waals surface area contributed by atoms with Gasteiger partial charge < -0.3 is 0 Å². The Labute approximate surface area is 168 Å². The molecule has 1 atom stereocenters. The van der Waals surface area contributed by atoms with E-state index in [9.17, 15) is 4.79 Å². The van der Waals surface area contributed by atoms with Gasteiger partial charge in [0.05, 0.1) is 24.7 Å². The Morgan fingerprint density at radius 2 is 2.00 bits per heavy atom. The Morgan fingerprint density at radius 1 is 1.21 bits per heavy atom. The van der Waals surface area contributed by atoms with Crippen LogP contribution in [0.2, 0.25) is 0 Å². The van der Waals surface area contributed by atoms with Crippen LogP contribution in [0.25, 0.3) is 0 Å². The molecular weight excluding hydrogens is 470 g/mol. The van der Waals surface area contributed by atoms with Crippen molar-refractivity contribution < 1.29 is 4.79 Å². The predicted octanol–water partition coefficient (Wildman–Crippen LogP) is 7.25. The highest BCUT2D eigenvalue weighted by Gasteiger charge is 2.35. The lowest BCUT2D eigenvalue weighted by Crippen LogP contribution is -2.22. The summed E-state index contributed by atoms with van der Waals surface area (Å²) >= 11 is 10.5. The van der Waals surface area contributed by atoms with Crippen molar-refractivity contribution in [2.75, 3.05) is 4.90 Å². The number of anilines is 1. The van der Waals surface area contributed by atoms with Crippen molar-refractivity contribution in [1.29, 1.82) is 0 Å². The molecule has 0 spiro atoms. The maximum atomic E-state index is 12.7. The first-order valence-electron chi connectivity index (χ1n) is 8.42. The van der Waals surface area contributed by atoms with E-state index in [1.54, 1.807) is 22.7 Å². The molecule has 0 bridgehead atoms. The maximum absolute atomic E-state index is 12.7. The average Bonchev–Trinajstić information content (AvgIpc) is 3.22. The normalized spacial score (nSPS) is 15.2. The topological polar surface area (TPSA) is 20.3 Å². The summed E-state index contributed by atoms with van der Waals surface area (Å²) in [6.07, 6.45) is 6.24. The van der Waals surface area contributed by atoms with Gasteiger partial charge in [-0.2, -0.15) is 0 Å². The third kappa shape index (κ3) is 3.67. The minimum absolute atomic E-state index is 0.116. The van der Waals surface area contributed by atoms with E-state index in [-0.39, 0.29) is 5.91 Å². The van der Waals surface area contributed by atoms with Crippen LogP contribution in [-0.2, 0) is 13.0 Å². The number of carbonyl (C=O) groups is 1. The van der Waals surface area contributed by atoms with Gasteiger partial charge in [0, 0.05) is 10.4 Å². The molecule has 1 amide bonds. The van der Waals surface area contributed by atoms with E-state index in [1.165, 1.54) is 30.6 Å². The summed E-state index contributed by atoms with van der Waals surface area (Å²) in [5, 5.41) is 1.07. The monoisotopic (exact) mass is 489 g/mol. The fourth-order valence-electron chi connectivity index (χ4n) is 3.15. The van der Waals surface area contributed by atoms with Gasteiger partial charge in [0.2, 0.25) is 0 Å². The fourth-order valence-corrected chi connectivity index (χ4v) is 7.39. The number of thiophene rings is 2. The third-order valence-electron chi connectivity index (χ3n) is 4.64. The van der Waals surface area contributed by atoms with Crippen molar-refractivity contribution in [2.45, 2.75) is 52.5 Å². The summed E-state index contributed by atoms with van der Waals surface area (Å²) < 4.78 is 1.99. The van der Waals surface area contributed by atoms with E-state index in [4.69, 9.17) is 0 Å². The minimum Gasteiger partial charge on any atom is -0.295 e. The molecule has 1 aliphatic heterocycles. The summed E-state index contributed by atoms with van der Waals surface area (Å²) in [6, 6.07) is 4.32. The molecule has 0 fully saturated rings. The van der Waals surface area contributed by atoms with Crippen LogP contribution in [0.1, 0.15) is 60.3 Å². The van der Waals surface area contributed by atoms with Crippen molar-refractivity contribution >= 4 is 65.4 Å². The highest BCUT2D eigenvalue weighted by Crippen LogP contribution is 2.44. The zero-order valence-corrected chi connectivity index (χ0v) is 18.7. The van der Waals surface area contributed by atoms with Crippen molar-refractivity contribution in [2.24, 2.45) is 5.92 Å². The molecule has 0 radical (unpaired) electrons. The van der Waals surface area contributed by atoms with Gasteiger partial charge in [0.15, 0.2) is 0 Å². The highest BCUT2D eigenvalue weighted by atomic mass is 79.9. The van der Waals surface area contributed by atoms with Crippen LogP contribution in [-0.4, -0.2) is 5.91 Å². The van der Waals surface area contributed by atoms with Gasteiger partial charge in [-0.25, -0.2) is 0 Å². The van der Waals surface area contributed by atoms with Crippen molar-refractivity contribution in [3.8, 4) is 0 Å². The predicted molar refractivity (Wildman–Crippen MR) is 112 cm³/mol. The SMILES string of the molecule is CCCCC(CC)Cc1ccc(N2Cc3c(Br)sc(Br)c3C2=O)s1. The Hall–Kier alpha value is -0.170. The van der Waals surface area contributed by atoms with Gasteiger partial charge in [-0.15, -0.1) is 22.7 Å². The number of fused-ring (bicyclic) bond motifs is 1. The van der Waals surface area contributed by atoms with Gasteiger partial charge in [0.25, 0.3) is 5.91 Å². The van der Waals surface area contributed by atoms with Crippen molar-refractivity contribution in [3.05, 3.63) is 35.7 Å². The number of carbonyl (C=O) groups excluding carboxylic acids is 1. The van der Waals surface area contributed by atoms with Crippen LogP contribution in [0, 0.1) is 5.92 Å². The third-order valence-corrected chi connectivity index (χ3v) is 8.42. The molecule has 3 heterocycles. The van der Waals surface area contributed by atoms with Crippen LogP contribution in [0.4, 0.5) is 5.00 Å². The molecule has 1 unspecified atom stereocenters. The van der Waals surface area contributed by atoms with Crippen molar-refractivity contribution in [3.63, 3.8) is 0 Å². The average molecular weight is 491 g/mol. The second-order valence-corrected chi connectivity index (χ2v) is 11.1. The largest absolute Gasteiger partial charge is 0.295 e. The summed E-state index contributed by atoms with van der Waals surface area (Å²) in [7, 11) is 0. The van der Waals surface area contributed by atoms with Gasteiger partial charge in [-0.3, -0.25) is 9.69 Å². The number of nitrogens with zero attached hydrogens (tertiary/aromatic N) is 1. The first-order valence-corrected chi connectivity index (χ1v) is 11.6. The first kappa shape index (κ1) is 18.6. The molecule has 0 aliphatic carbocycles. The number of hydrogen-bond donors (Lipinski definition) is 0. The Balaban J connectivity index is 1.73. The first-order chi connectivity index (χ1) is 11.5. The Morgan fingerprint density at radius 3 is 2.67 bits per heavy atom.